The number of hydrogen-bond donors (Lipinski definition) is 3. The average Bonchev–Trinajstić information content (AvgIpc) is 2.93. The van der Waals surface area contributed by atoms with Crippen molar-refractivity contribution < 1.29 is 19.5 Å². The van der Waals surface area contributed by atoms with Crippen LogP contribution in [0.3, 0.4) is 0 Å². The van der Waals surface area contributed by atoms with Crippen molar-refractivity contribution in [3.05, 3.63) is 65.2 Å². The number of hydrogen-bond acceptors (Lipinski definition) is 5. The Morgan fingerprint density at radius 2 is 1.91 bits per heavy atom. The molecule has 1 aliphatic rings. The lowest BCUT2D eigenvalue weighted by Gasteiger charge is -2.24. The van der Waals surface area contributed by atoms with Gasteiger partial charge in [0.1, 0.15) is 6.04 Å². The SMILES string of the molecule is CN(C)CCCCNC(=O)c1ccc2c(c1)NC(CC(=O)O)C(=O)N(CCc1ccccc1)C2. The number of benzene rings is 2. The summed E-state index contributed by atoms with van der Waals surface area (Å²) in [6.45, 7) is 2.40. The Morgan fingerprint density at radius 3 is 2.62 bits per heavy atom. The summed E-state index contributed by atoms with van der Waals surface area (Å²) >= 11 is 0. The molecule has 3 rings (SSSR count). The van der Waals surface area contributed by atoms with E-state index in [-0.39, 0.29) is 18.2 Å². The summed E-state index contributed by atoms with van der Waals surface area (Å²) in [6.07, 6.45) is 2.23. The largest absolute Gasteiger partial charge is 0.481 e. The molecule has 34 heavy (non-hydrogen) atoms. The molecule has 1 atom stereocenters. The summed E-state index contributed by atoms with van der Waals surface area (Å²) in [7, 11) is 4.04. The normalized spacial score (nSPS) is 15.4. The molecular weight excluding hydrogens is 432 g/mol. The van der Waals surface area contributed by atoms with Crippen molar-refractivity contribution >= 4 is 23.5 Å². The Balaban J connectivity index is 1.71. The van der Waals surface area contributed by atoms with Crippen LogP contribution in [0.4, 0.5) is 5.69 Å². The zero-order valence-electron chi connectivity index (χ0n) is 19.9. The van der Waals surface area contributed by atoms with Gasteiger partial charge in [-0.25, -0.2) is 0 Å². The molecule has 1 aliphatic heterocycles. The van der Waals surface area contributed by atoms with Gasteiger partial charge in [0.25, 0.3) is 5.91 Å². The predicted molar refractivity (Wildman–Crippen MR) is 132 cm³/mol. The molecule has 0 bridgehead atoms. The summed E-state index contributed by atoms with van der Waals surface area (Å²) in [6, 6.07) is 14.3. The molecule has 2 amide bonds. The molecular formula is C26H34N4O4. The van der Waals surface area contributed by atoms with Gasteiger partial charge in [-0.2, -0.15) is 0 Å². The number of nitrogens with zero attached hydrogens (tertiary/aromatic N) is 2. The van der Waals surface area contributed by atoms with Crippen LogP contribution in [-0.4, -0.2) is 72.5 Å². The maximum Gasteiger partial charge on any atom is 0.305 e. The third-order valence-corrected chi connectivity index (χ3v) is 5.88. The van der Waals surface area contributed by atoms with Crippen molar-refractivity contribution in [2.75, 3.05) is 39.0 Å². The number of nitrogens with one attached hydrogen (secondary N) is 2. The smallest absolute Gasteiger partial charge is 0.305 e. The zero-order chi connectivity index (χ0) is 24.5. The highest BCUT2D eigenvalue weighted by Crippen LogP contribution is 2.26. The topological polar surface area (TPSA) is 102 Å². The quantitative estimate of drug-likeness (QED) is 0.440. The van der Waals surface area contributed by atoms with Crippen LogP contribution >= 0.6 is 0 Å². The fraction of sp³-hybridized carbons (Fsp3) is 0.423. The molecule has 0 spiro atoms. The number of aliphatic carboxylic acids is 1. The third-order valence-electron chi connectivity index (χ3n) is 5.88. The van der Waals surface area contributed by atoms with Gasteiger partial charge in [-0.15, -0.1) is 0 Å². The van der Waals surface area contributed by atoms with E-state index in [2.05, 4.69) is 15.5 Å². The molecule has 0 radical (unpaired) electrons. The number of carboxylic acid groups (broad SMARTS) is 1. The Kier molecular flexibility index (Phi) is 9.04. The Bertz CT molecular complexity index is 994. The first-order valence-electron chi connectivity index (χ1n) is 11.7. The van der Waals surface area contributed by atoms with Gasteiger partial charge in [0.2, 0.25) is 5.91 Å². The second-order valence-electron chi connectivity index (χ2n) is 8.93. The van der Waals surface area contributed by atoms with E-state index in [9.17, 15) is 19.5 Å². The zero-order valence-corrected chi connectivity index (χ0v) is 19.9. The van der Waals surface area contributed by atoms with Crippen LogP contribution in [-0.2, 0) is 22.6 Å². The lowest BCUT2D eigenvalue weighted by Crippen LogP contribution is -2.42. The van der Waals surface area contributed by atoms with Gasteiger partial charge >= 0.3 is 5.97 Å². The molecule has 0 fully saturated rings. The number of unbranched alkanes of at least 4 members (excludes halogenated alkanes) is 1. The van der Waals surface area contributed by atoms with Gasteiger partial charge in [0, 0.05) is 30.9 Å². The van der Waals surface area contributed by atoms with Crippen LogP contribution in [0.25, 0.3) is 0 Å². The summed E-state index contributed by atoms with van der Waals surface area (Å²) in [5, 5.41) is 15.4. The number of fused-ring (bicyclic) bond motifs is 1. The molecule has 2 aromatic rings. The monoisotopic (exact) mass is 466 g/mol. The van der Waals surface area contributed by atoms with Crippen LogP contribution in [0.15, 0.2) is 48.5 Å². The fourth-order valence-electron chi connectivity index (χ4n) is 4.01. The summed E-state index contributed by atoms with van der Waals surface area (Å²) in [5.41, 5.74) is 3.08. The highest BCUT2D eigenvalue weighted by atomic mass is 16.4. The minimum absolute atomic E-state index is 0.180. The van der Waals surface area contributed by atoms with Crippen molar-refractivity contribution in [1.29, 1.82) is 0 Å². The number of carbonyl (C=O) groups excluding carboxylic acids is 2. The second kappa shape index (κ2) is 12.2. The van der Waals surface area contributed by atoms with E-state index in [0.29, 0.717) is 37.3 Å². The molecule has 3 N–H and O–H groups in total. The molecule has 1 heterocycles. The van der Waals surface area contributed by atoms with Gasteiger partial charge in [-0.1, -0.05) is 36.4 Å². The maximum atomic E-state index is 13.2. The molecule has 0 aromatic heterocycles. The minimum Gasteiger partial charge on any atom is -0.481 e. The van der Waals surface area contributed by atoms with E-state index in [0.717, 1.165) is 30.5 Å². The van der Waals surface area contributed by atoms with E-state index in [1.54, 1.807) is 17.0 Å². The van der Waals surface area contributed by atoms with Gasteiger partial charge in [-0.3, -0.25) is 14.4 Å². The lowest BCUT2D eigenvalue weighted by molar-refractivity contribution is -0.141. The minimum atomic E-state index is -1.05. The number of anilines is 1. The standard InChI is InChI=1S/C26H34N4O4/c1-29(2)14-7-6-13-27-25(33)20-10-11-21-18-30(15-12-19-8-4-3-5-9-19)26(34)23(17-24(31)32)28-22(21)16-20/h3-5,8-11,16,23,28H,6-7,12-15,17-18H2,1-2H3,(H,27,33)(H,31,32). The molecule has 182 valence electrons. The van der Waals surface area contributed by atoms with Crippen LogP contribution in [0, 0.1) is 0 Å². The first kappa shape index (κ1) is 25.2. The summed E-state index contributed by atoms with van der Waals surface area (Å²) in [4.78, 5) is 41.0. The van der Waals surface area contributed by atoms with E-state index >= 15 is 0 Å². The van der Waals surface area contributed by atoms with Crippen molar-refractivity contribution in [3.8, 4) is 0 Å². The van der Waals surface area contributed by atoms with E-state index in [1.165, 1.54) is 0 Å². The molecule has 2 aromatic carbocycles. The second-order valence-corrected chi connectivity index (χ2v) is 8.93. The summed E-state index contributed by atoms with van der Waals surface area (Å²) in [5.74, 6) is -1.48. The number of carbonyl (C=O) groups is 3. The molecule has 1 unspecified atom stereocenters. The first-order chi connectivity index (χ1) is 16.3. The molecule has 8 nitrogen and oxygen atoms in total. The highest BCUT2D eigenvalue weighted by molar-refractivity contribution is 5.96. The molecule has 0 aliphatic carbocycles. The van der Waals surface area contributed by atoms with E-state index in [4.69, 9.17) is 0 Å². The van der Waals surface area contributed by atoms with Crippen LogP contribution < -0.4 is 10.6 Å². The van der Waals surface area contributed by atoms with Crippen LogP contribution in [0.2, 0.25) is 0 Å². The van der Waals surface area contributed by atoms with Crippen LogP contribution in [0.5, 0.6) is 0 Å². The van der Waals surface area contributed by atoms with Gasteiger partial charge < -0.3 is 25.5 Å². The third kappa shape index (κ3) is 7.31. The predicted octanol–water partition coefficient (Wildman–Crippen LogP) is 2.60. The van der Waals surface area contributed by atoms with Gasteiger partial charge in [-0.05, 0) is 63.2 Å². The fourth-order valence-corrected chi connectivity index (χ4v) is 4.01. The number of amides is 2. The Morgan fingerprint density at radius 1 is 1.15 bits per heavy atom. The number of rotatable bonds is 11. The van der Waals surface area contributed by atoms with Crippen molar-refractivity contribution in [3.63, 3.8) is 0 Å². The Hall–Kier alpha value is -3.39. The molecule has 0 saturated carbocycles. The van der Waals surface area contributed by atoms with E-state index in [1.807, 2.05) is 50.5 Å². The van der Waals surface area contributed by atoms with Crippen molar-refractivity contribution in [2.24, 2.45) is 0 Å². The highest BCUT2D eigenvalue weighted by Gasteiger charge is 2.31. The maximum absolute atomic E-state index is 13.2. The van der Waals surface area contributed by atoms with E-state index < -0.39 is 12.0 Å². The molecule has 0 saturated heterocycles. The first-order valence-corrected chi connectivity index (χ1v) is 11.7. The van der Waals surface area contributed by atoms with Gasteiger partial charge in [0.05, 0.1) is 6.42 Å². The van der Waals surface area contributed by atoms with Gasteiger partial charge in [0.15, 0.2) is 0 Å². The number of carboxylic acids is 1. The lowest BCUT2D eigenvalue weighted by atomic mass is 10.1. The molecule has 8 heteroatoms. The Labute approximate surface area is 200 Å². The average molecular weight is 467 g/mol. The summed E-state index contributed by atoms with van der Waals surface area (Å²) < 4.78 is 0. The van der Waals surface area contributed by atoms with Crippen LogP contribution in [0.1, 0.15) is 40.7 Å². The van der Waals surface area contributed by atoms with Crippen molar-refractivity contribution in [1.82, 2.24) is 15.1 Å². The van der Waals surface area contributed by atoms with Crippen molar-refractivity contribution in [2.45, 2.75) is 38.3 Å².